The van der Waals surface area contributed by atoms with Gasteiger partial charge in [-0.25, -0.2) is 0 Å². The van der Waals surface area contributed by atoms with Crippen molar-refractivity contribution in [3.05, 3.63) is 58.3 Å². The Morgan fingerprint density at radius 1 is 1.33 bits per heavy atom. The van der Waals surface area contributed by atoms with Crippen LogP contribution in [0.2, 0.25) is 0 Å². The van der Waals surface area contributed by atoms with Gasteiger partial charge in [-0.3, -0.25) is 4.79 Å². The van der Waals surface area contributed by atoms with Gasteiger partial charge >= 0.3 is 0 Å². The number of methoxy groups -OCH3 is 1. The van der Waals surface area contributed by atoms with Crippen molar-refractivity contribution in [3.8, 4) is 0 Å². The molecule has 0 saturated heterocycles. The van der Waals surface area contributed by atoms with Crippen molar-refractivity contribution < 1.29 is 14.6 Å². The van der Waals surface area contributed by atoms with Crippen LogP contribution in [0, 0.1) is 0 Å². The van der Waals surface area contributed by atoms with Crippen LogP contribution in [-0.2, 0) is 16.1 Å². The number of hydrogen-bond donors (Lipinski definition) is 2. The molecule has 6 heteroatoms. The number of rotatable bonds is 10. The van der Waals surface area contributed by atoms with Crippen LogP contribution in [0.25, 0.3) is 0 Å². The standard InChI is InChI=1S/C18H24N2O3S/c1-23-9-8-19-11-18(22)20(12-15-5-3-2-4-6-15)13-17(21)16-7-10-24-14-16/h2-7,10,14,17,19,21H,8-9,11-13H2,1H3. The van der Waals surface area contributed by atoms with Gasteiger partial charge in [-0.2, -0.15) is 11.3 Å². The monoisotopic (exact) mass is 348 g/mol. The van der Waals surface area contributed by atoms with Crippen LogP contribution in [0.15, 0.2) is 47.2 Å². The van der Waals surface area contributed by atoms with Gasteiger partial charge in [0.15, 0.2) is 0 Å². The minimum absolute atomic E-state index is 0.0377. The van der Waals surface area contributed by atoms with Crippen LogP contribution in [0.1, 0.15) is 17.2 Å². The van der Waals surface area contributed by atoms with E-state index in [9.17, 15) is 9.90 Å². The van der Waals surface area contributed by atoms with Crippen LogP contribution in [0.5, 0.6) is 0 Å². The Kier molecular flexibility index (Phi) is 7.91. The molecule has 5 nitrogen and oxygen atoms in total. The highest BCUT2D eigenvalue weighted by atomic mass is 32.1. The van der Waals surface area contributed by atoms with Gasteiger partial charge < -0.3 is 20.1 Å². The number of nitrogens with one attached hydrogen (secondary N) is 1. The molecule has 2 N–H and O–H groups in total. The number of carbonyl (C=O) groups is 1. The van der Waals surface area contributed by atoms with Crippen LogP contribution in [0.3, 0.4) is 0 Å². The van der Waals surface area contributed by atoms with Crippen molar-refractivity contribution in [2.45, 2.75) is 12.6 Å². The van der Waals surface area contributed by atoms with Crippen LogP contribution >= 0.6 is 11.3 Å². The Labute approximate surface area is 146 Å². The summed E-state index contributed by atoms with van der Waals surface area (Å²) in [4.78, 5) is 14.2. The van der Waals surface area contributed by atoms with Crippen molar-refractivity contribution in [2.75, 3.05) is 33.4 Å². The third-order valence-corrected chi connectivity index (χ3v) is 4.35. The molecule has 1 aromatic heterocycles. The maximum absolute atomic E-state index is 12.5. The topological polar surface area (TPSA) is 61.8 Å². The summed E-state index contributed by atoms with van der Waals surface area (Å²) in [5, 5.41) is 17.3. The van der Waals surface area contributed by atoms with Gasteiger partial charge in [0, 0.05) is 20.2 Å². The summed E-state index contributed by atoms with van der Waals surface area (Å²) in [5.74, 6) is -0.0377. The average molecular weight is 348 g/mol. The lowest BCUT2D eigenvalue weighted by molar-refractivity contribution is -0.132. The lowest BCUT2D eigenvalue weighted by Gasteiger charge is -2.25. The summed E-state index contributed by atoms with van der Waals surface area (Å²) in [7, 11) is 1.63. The highest BCUT2D eigenvalue weighted by molar-refractivity contribution is 7.07. The average Bonchev–Trinajstić information content (AvgIpc) is 3.13. The summed E-state index contributed by atoms with van der Waals surface area (Å²) in [6, 6.07) is 11.7. The fourth-order valence-corrected chi connectivity index (χ4v) is 3.03. The molecule has 130 valence electrons. The molecule has 1 unspecified atom stereocenters. The molecular formula is C18H24N2O3S. The number of aliphatic hydroxyl groups excluding tert-OH is 1. The fraction of sp³-hybridized carbons (Fsp3) is 0.389. The molecule has 0 aliphatic rings. The number of carbonyl (C=O) groups excluding carboxylic acids is 1. The number of nitrogens with zero attached hydrogens (tertiary/aromatic N) is 1. The molecule has 2 aromatic rings. The van der Waals surface area contributed by atoms with Crippen molar-refractivity contribution in [1.82, 2.24) is 10.2 Å². The molecule has 1 amide bonds. The van der Waals surface area contributed by atoms with Gasteiger partial charge in [0.05, 0.1) is 25.8 Å². The second-order valence-electron chi connectivity index (χ2n) is 5.50. The van der Waals surface area contributed by atoms with E-state index in [0.717, 1.165) is 11.1 Å². The maximum atomic E-state index is 12.5. The minimum Gasteiger partial charge on any atom is -0.387 e. The third kappa shape index (κ3) is 6.05. The van der Waals surface area contributed by atoms with Gasteiger partial charge in [0.25, 0.3) is 0 Å². The molecule has 2 rings (SSSR count). The number of hydrogen-bond acceptors (Lipinski definition) is 5. The summed E-state index contributed by atoms with van der Waals surface area (Å²) in [6.45, 7) is 2.16. The predicted molar refractivity (Wildman–Crippen MR) is 95.9 cm³/mol. The molecule has 0 saturated carbocycles. The van der Waals surface area contributed by atoms with Gasteiger partial charge in [0.2, 0.25) is 5.91 Å². The minimum atomic E-state index is -0.678. The van der Waals surface area contributed by atoms with Crippen molar-refractivity contribution in [3.63, 3.8) is 0 Å². The van der Waals surface area contributed by atoms with Gasteiger partial charge in [-0.1, -0.05) is 30.3 Å². The van der Waals surface area contributed by atoms with E-state index in [1.165, 1.54) is 11.3 Å². The van der Waals surface area contributed by atoms with Crippen molar-refractivity contribution in [1.29, 1.82) is 0 Å². The van der Waals surface area contributed by atoms with E-state index in [1.807, 2.05) is 47.2 Å². The molecule has 0 spiro atoms. The Bertz CT molecular complexity index is 590. The van der Waals surface area contributed by atoms with Gasteiger partial charge in [0.1, 0.15) is 0 Å². The Morgan fingerprint density at radius 2 is 2.12 bits per heavy atom. The second kappa shape index (κ2) is 10.2. The lowest BCUT2D eigenvalue weighted by atomic mass is 10.1. The van der Waals surface area contributed by atoms with Gasteiger partial charge in [-0.15, -0.1) is 0 Å². The zero-order valence-corrected chi connectivity index (χ0v) is 14.7. The van der Waals surface area contributed by atoms with E-state index < -0.39 is 6.10 Å². The van der Waals surface area contributed by atoms with Crippen LogP contribution < -0.4 is 5.32 Å². The zero-order chi connectivity index (χ0) is 17.2. The first-order chi connectivity index (χ1) is 11.7. The lowest BCUT2D eigenvalue weighted by Crippen LogP contribution is -2.40. The molecule has 1 atom stereocenters. The quantitative estimate of drug-likeness (QED) is 0.645. The Hall–Kier alpha value is -1.73. The molecular weight excluding hydrogens is 324 g/mol. The first-order valence-corrected chi connectivity index (χ1v) is 8.86. The number of ether oxygens (including phenoxy) is 1. The number of thiophene rings is 1. The van der Waals surface area contributed by atoms with Crippen molar-refractivity contribution >= 4 is 17.2 Å². The number of benzene rings is 1. The molecule has 24 heavy (non-hydrogen) atoms. The third-order valence-electron chi connectivity index (χ3n) is 3.65. The van der Waals surface area contributed by atoms with Gasteiger partial charge in [-0.05, 0) is 28.0 Å². The molecule has 0 fully saturated rings. The zero-order valence-electron chi connectivity index (χ0n) is 13.9. The summed E-state index contributed by atoms with van der Waals surface area (Å²) in [6.07, 6.45) is -0.678. The number of amides is 1. The Morgan fingerprint density at radius 3 is 2.79 bits per heavy atom. The van der Waals surface area contributed by atoms with E-state index in [-0.39, 0.29) is 19.0 Å². The highest BCUT2D eigenvalue weighted by Crippen LogP contribution is 2.18. The smallest absolute Gasteiger partial charge is 0.236 e. The second-order valence-corrected chi connectivity index (χ2v) is 6.28. The first-order valence-electron chi connectivity index (χ1n) is 7.92. The number of aliphatic hydroxyl groups is 1. The maximum Gasteiger partial charge on any atom is 0.236 e. The van der Waals surface area contributed by atoms with Crippen molar-refractivity contribution in [2.24, 2.45) is 0 Å². The Balaban J connectivity index is 1.98. The van der Waals surface area contributed by atoms with E-state index >= 15 is 0 Å². The SMILES string of the molecule is COCCNCC(=O)N(Cc1ccccc1)CC(O)c1ccsc1. The fourth-order valence-electron chi connectivity index (χ4n) is 2.32. The molecule has 1 aromatic carbocycles. The largest absolute Gasteiger partial charge is 0.387 e. The van der Waals surface area contributed by atoms with Crippen LogP contribution in [0.4, 0.5) is 0 Å². The molecule has 0 radical (unpaired) electrons. The molecule has 0 bridgehead atoms. The normalized spacial score (nSPS) is 12.1. The van der Waals surface area contributed by atoms with Crippen LogP contribution in [-0.4, -0.2) is 49.3 Å². The summed E-state index contributed by atoms with van der Waals surface area (Å²) in [5.41, 5.74) is 1.89. The van der Waals surface area contributed by atoms with E-state index in [4.69, 9.17) is 4.74 Å². The molecule has 0 aliphatic carbocycles. The predicted octanol–water partition coefficient (Wildman–Crippen LogP) is 2.05. The molecule has 1 heterocycles. The summed E-state index contributed by atoms with van der Waals surface area (Å²) < 4.78 is 4.97. The molecule has 0 aliphatic heterocycles. The first kappa shape index (κ1) is 18.6. The van der Waals surface area contributed by atoms with E-state index in [2.05, 4.69) is 5.32 Å². The van der Waals surface area contributed by atoms with E-state index in [1.54, 1.807) is 12.0 Å². The van der Waals surface area contributed by atoms with E-state index in [0.29, 0.717) is 19.7 Å². The highest BCUT2D eigenvalue weighted by Gasteiger charge is 2.19. The summed E-state index contributed by atoms with van der Waals surface area (Å²) >= 11 is 1.54.